The van der Waals surface area contributed by atoms with Crippen LogP contribution in [0.1, 0.15) is 42.5 Å². The molecule has 2 aliphatic rings. The van der Waals surface area contributed by atoms with Crippen molar-refractivity contribution in [1.82, 2.24) is 15.3 Å². The van der Waals surface area contributed by atoms with Gasteiger partial charge in [0.25, 0.3) is 5.91 Å². The van der Waals surface area contributed by atoms with E-state index in [9.17, 15) is 9.18 Å². The van der Waals surface area contributed by atoms with Crippen molar-refractivity contribution >= 4 is 22.7 Å². The summed E-state index contributed by atoms with van der Waals surface area (Å²) < 4.78 is 25.0. The van der Waals surface area contributed by atoms with Gasteiger partial charge in [-0.3, -0.25) is 9.79 Å². The van der Waals surface area contributed by atoms with Crippen molar-refractivity contribution in [2.24, 2.45) is 4.99 Å². The predicted molar refractivity (Wildman–Crippen MR) is 132 cm³/mol. The lowest BCUT2D eigenvalue weighted by Crippen LogP contribution is -2.39. The maximum Gasteiger partial charge on any atom is 0.251 e. The molecule has 0 atom stereocenters. The molecule has 1 fully saturated rings. The number of rotatable bonds is 9. The normalized spacial score (nSPS) is 18.9. The third-order valence-corrected chi connectivity index (χ3v) is 6.32. The van der Waals surface area contributed by atoms with Gasteiger partial charge in [0.1, 0.15) is 17.6 Å². The van der Waals surface area contributed by atoms with Gasteiger partial charge in [0, 0.05) is 56.0 Å². The van der Waals surface area contributed by atoms with Crippen molar-refractivity contribution in [3.8, 4) is 17.1 Å². The number of amides is 1. The summed E-state index contributed by atoms with van der Waals surface area (Å²) >= 11 is 0. The summed E-state index contributed by atoms with van der Waals surface area (Å²) in [6.45, 7) is 0.568. The molecule has 180 valence electrons. The van der Waals surface area contributed by atoms with Crippen LogP contribution in [0.2, 0.25) is 0 Å². The zero-order chi connectivity index (χ0) is 24.2. The van der Waals surface area contributed by atoms with Gasteiger partial charge < -0.3 is 14.8 Å². The molecular formula is C27H27FN4O3. The topological polar surface area (TPSA) is 85.7 Å². The molecule has 0 bridgehead atoms. The number of aliphatic imine (C=N–C) groups is 1. The molecule has 3 aromatic rings. The van der Waals surface area contributed by atoms with E-state index in [4.69, 9.17) is 19.4 Å². The van der Waals surface area contributed by atoms with E-state index in [1.54, 1.807) is 37.4 Å². The molecule has 1 aromatic heterocycles. The van der Waals surface area contributed by atoms with Gasteiger partial charge in [0.2, 0.25) is 5.88 Å². The van der Waals surface area contributed by atoms with Crippen LogP contribution in [-0.4, -0.2) is 47.4 Å². The number of fused-ring (bicyclic) bond motifs is 1. The molecule has 0 radical (unpaired) electrons. The minimum absolute atomic E-state index is 0.0121. The first-order chi connectivity index (χ1) is 17.1. The summed E-state index contributed by atoms with van der Waals surface area (Å²) in [5.41, 5.74) is 4.05. The Kier molecular flexibility index (Phi) is 6.81. The summed E-state index contributed by atoms with van der Waals surface area (Å²) in [7, 11) is 1.69. The maximum absolute atomic E-state index is 13.5. The molecule has 1 saturated carbocycles. The van der Waals surface area contributed by atoms with Crippen LogP contribution < -0.4 is 10.1 Å². The number of hydrogen-bond donors (Lipinski definition) is 1. The molecule has 0 saturated heterocycles. The molecule has 1 aliphatic carbocycles. The second-order valence-corrected chi connectivity index (χ2v) is 8.80. The smallest absolute Gasteiger partial charge is 0.251 e. The fourth-order valence-corrected chi connectivity index (χ4v) is 4.18. The number of halogens is 1. The first-order valence-corrected chi connectivity index (χ1v) is 11.8. The highest BCUT2D eigenvalue weighted by Crippen LogP contribution is 2.34. The van der Waals surface area contributed by atoms with Gasteiger partial charge in [-0.25, -0.2) is 14.4 Å². The van der Waals surface area contributed by atoms with Crippen LogP contribution in [0.3, 0.4) is 0 Å². The lowest BCUT2D eigenvalue weighted by Gasteiger charge is -2.34. The number of allylic oxidation sites excluding steroid dienone is 1. The zero-order valence-corrected chi connectivity index (χ0v) is 19.5. The molecule has 0 spiro atoms. The number of aromatic nitrogens is 2. The number of benzene rings is 2. The van der Waals surface area contributed by atoms with Crippen LogP contribution in [0, 0.1) is 5.82 Å². The molecule has 5 rings (SSSR count). The number of ether oxygens (including phenoxy) is 2. The van der Waals surface area contributed by atoms with Gasteiger partial charge in [0.15, 0.2) is 0 Å². The first kappa shape index (κ1) is 23.1. The van der Waals surface area contributed by atoms with E-state index in [2.05, 4.69) is 10.3 Å². The Hall–Kier alpha value is -3.65. The number of nitrogens with zero attached hydrogens (tertiary/aromatic N) is 3. The molecule has 1 N–H and O–H groups in total. The largest absolute Gasteiger partial charge is 0.473 e. The second-order valence-electron chi connectivity index (χ2n) is 8.80. The average molecular weight is 475 g/mol. The quantitative estimate of drug-likeness (QED) is 0.448. The Balaban J connectivity index is 1.35. The molecule has 0 unspecified atom stereocenters. The number of methoxy groups -OCH3 is 1. The zero-order valence-electron chi connectivity index (χ0n) is 19.5. The van der Waals surface area contributed by atoms with Gasteiger partial charge in [0.05, 0.1) is 17.1 Å². The SMILES string of the molecule is COC1CC(Oc2nc3ccc(C(=O)NCCCC4=NC=CC4)cc3nc2-c2ccc(F)cc2)C1. The highest BCUT2D eigenvalue weighted by Gasteiger charge is 2.32. The van der Waals surface area contributed by atoms with Gasteiger partial charge in [-0.1, -0.05) is 6.08 Å². The number of carbonyl (C=O) groups excluding carboxylic acids is 1. The molecule has 2 aromatic carbocycles. The number of hydrogen-bond acceptors (Lipinski definition) is 6. The lowest BCUT2D eigenvalue weighted by atomic mass is 9.92. The van der Waals surface area contributed by atoms with E-state index in [0.717, 1.165) is 37.8 Å². The van der Waals surface area contributed by atoms with Crippen LogP contribution in [0.4, 0.5) is 4.39 Å². The Bertz CT molecular complexity index is 1280. The fourth-order valence-electron chi connectivity index (χ4n) is 4.18. The number of nitrogens with one attached hydrogen (secondary N) is 1. The predicted octanol–water partition coefficient (Wildman–Crippen LogP) is 4.86. The summed E-state index contributed by atoms with van der Waals surface area (Å²) in [5.74, 6) is -0.101. The third kappa shape index (κ3) is 5.38. The Morgan fingerprint density at radius 2 is 1.91 bits per heavy atom. The molecule has 1 amide bonds. The monoisotopic (exact) mass is 474 g/mol. The Labute approximate surface area is 203 Å². The van der Waals surface area contributed by atoms with Crippen LogP contribution in [0.15, 0.2) is 59.7 Å². The molecule has 1 aliphatic heterocycles. The summed E-state index contributed by atoms with van der Waals surface area (Å²) in [5, 5.41) is 2.96. The molecule has 8 heteroatoms. The standard InChI is InChI=1S/C27H27FN4O3/c1-34-21-15-22(16-21)35-27-25(17-6-9-19(28)10-7-17)31-24-14-18(8-11-23(24)32-27)26(33)30-13-3-5-20-4-2-12-29-20/h2,6-12,14,21-22H,3-5,13,15-16H2,1H3,(H,30,33). The van der Waals surface area contributed by atoms with Gasteiger partial charge in [-0.05, 0) is 55.3 Å². The Morgan fingerprint density at radius 3 is 2.66 bits per heavy atom. The highest BCUT2D eigenvalue weighted by atomic mass is 19.1. The van der Waals surface area contributed by atoms with Crippen molar-refractivity contribution in [3.63, 3.8) is 0 Å². The molecular weight excluding hydrogens is 447 g/mol. The Morgan fingerprint density at radius 1 is 1.09 bits per heavy atom. The lowest BCUT2D eigenvalue weighted by molar-refractivity contribution is -0.0394. The fraction of sp³-hybridized carbons (Fsp3) is 0.333. The van der Waals surface area contributed by atoms with Crippen molar-refractivity contribution < 1.29 is 18.7 Å². The van der Waals surface area contributed by atoms with E-state index in [-0.39, 0.29) is 23.9 Å². The van der Waals surface area contributed by atoms with Gasteiger partial charge in [-0.2, -0.15) is 0 Å². The van der Waals surface area contributed by atoms with Crippen molar-refractivity contribution in [2.45, 2.75) is 44.3 Å². The van der Waals surface area contributed by atoms with E-state index in [1.807, 2.05) is 12.3 Å². The molecule has 35 heavy (non-hydrogen) atoms. The first-order valence-electron chi connectivity index (χ1n) is 11.8. The van der Waals surface area contributed by atoms with E-state index in [1.165, 1.54) is 12.1 Å². The second kappa shape index (κ2) is 10.3. The summed E-state index contributed by atoms with van der Waals surface area (Å²) in [6, 6.07) is 11.3. The highest BCUT2D eigenvalue weighted by molar-refractivity contribution is 5.97. The van der Waals surface area contributed by atoms with E-state index in [0.29, 0.717) is 40.3 Å². The van der Waals surface area contributed by atoms with Gasteiger partial charge in [-0.15, -0.1) is 0 Å². The average Bonchev–Trinajstić information content (AvgIpc) is 3.37. The van der Waals surface area contributed by atoms with Crippen LogP contribution in [0.5, 0.6) is 5.88 Å². The van der Waals surface area contributed by atoms with Crippen molar-refractivity contribution in [3.05, 3.63) is 66.1 Å². The van der Waals surface area contributed by atoms with Crippen molar-refractivity contribution in [2.75, 3.05) is 13.7 Å². The van der Waals surface area contributed by atoms with Crippen molar-refractivity contribution in [1.29, 1.82) is 0 Å². The van der Waals surface area contributed by atoms with Crippen LogP contribution >= 0.6 is 0 Å². The molecule has 2 heterocycles. The van der Waals surface area contributed by atoms with E-state index < -0.39 is 0 Å². The third-order valence-electron chi connectivity index (χ3n) is 6.32. The van der Waals surface area contributed by atoms with Crippen LogP contribution in [-0.2, 0) is 4.74 Å². The molecule has 7 nitrogen and oxygen atoms in total. The maximum atomic E-state index is 13.5. The summed E-state index contributed by atoms with van der Waals surface area (Å²) in [6.07, 6.45) is 8.18. The van der Waals surface area contributed by atoms with Crippen LogP contribution in [0.25, 0.3) is 22.3 Å². The minimum Gasteiger partial charge on any atom is -0.473 e. The van der Waals surface area contributed by atoms with E-state index >= 15 is 0 Å². The summed E-state index contributed by atoms with van der Waals surface area (Å²) in [4.78, 5) is 26.5. The number of carbonyl (C=O) groups is 1. The van der Waals surface area contributed by atoms with Gasteiger partial charge >= 0.3 is 0 Å². The minimum atomic E-state index is -0.331.